The van der Waals surface area contributed by atoms with Gasteiger partial charge in [0, 0.05) is 36.5 Å². The molecule has 2 unspecified atom stereocenters. The third-order valence-electron chi connectivity index (χ3n) is 13.6. The largest absolute Gasteiger partial charge is 0.494 e. The lowest BCUT2D eigenvalue weighted by Gasteiger charge is -2.53. The van der Waals surface area contributed by atoms with Crippen molar-refractivity contribution >= 4 is 56.6 Å². The van der Waals surface area contributed by atoms with Crippen molar-refractivity contribution in [3.05, 3.63) is 76.1 Å². The van der Waals surface area contributed by atoms with Crippen LogP contribution in [0.4, 0.5) is 11.4 Å². The van der Waals surface area contributed by atoms with E-state index >= 15 is 0 Å². The van der Waals surface area contributed by atoms with Gasteiger partial charge in [-0.2, -0.15) is 0 Å². The molecule has 2 saturated heterocycles. The van der Waals surface area contributed by atoms with E-state index in [-0.39, 0.29) is 12.3 Å². The maximum atomic E-state index is 13.5. The van der Waals surface area contributed by atoms with Gasteiger partial charge in [0.2, 0.25) is 5.91 Å². The first-order valence-electron chi connectivity index (χ1n) is 21.3. The molecule has 14 heteroatoms. The van der Waals surface area contributed by atoms with Gasteiger partial charge in [-0.15, -0.1) is 11.3 Å². The van der Waals surface area contributed by atoms with Crippen LogP contribution in [-0.4, -0.2) is 94.1 Å². The van der Waals surface area contributed by atoms with E-state index in [1.54, 1.807) is 36.6 Å². The van der Waals surface area contributed by atoms with Crippen molar-refractivity contribution in [2.75, 3.05) is 43.9 Å². The Kier molecular flexibility index (Phi) is 10.9. The van der Waals surface area contributed by atoms with Crippen LogP contribution in [0.2, 0.25) is 0 Å². The number of likely N-dealkylation sites (tertiary alicyclic amines) is 1. The highest BCUT2D eigenvalue weighted by atomic mass is 32.1. The Morgan fingerprint density at radius 1 is 0.949 bits per heavy atom. The van der Waals surface area contributed by atoms with Crippen LogP contribution in [0.25, 0.3) is 10.2 Å². The molecule has 4 N–H and O–H groups in total. The standard InChI is InChI=1S/C45H53N7O6S/c1-26-5-3-8-32(47-26)40(54)48-33-22-37-34(21-36(33)58-2)49-42(59-37)29-11-9-27(10-12-29)25-51-19-16-45(17-20-51)23-28(24-45)15-18-46-31-7-4-6-30-39(31)44(57)52(43(30)56)35-13-14-38(53)50-41(35)55/h3-8,21-22,27-29,35,38,46,53H,9-20,23-25H2,1-2H3,(H,48,54)(H,50,55). The minimum Gasteiger partial charge on any atom is -0.494 e. The number of hydrogen-bond donors (Lipinski definition) is 4. The third kappa shape index (κ3) is 7.94. The molecule has 0 radical (unpaired) electrons. The van der Waals surface area contributed by atoms with E-state index in [9.17, 15) is 24.3 Å². The van der Waals surface area contributed by atoms with E-state index in [2.05, 4.69) is 25.8 Å². The zero-order chi connectivity index (χ0) is 40.8. The molecule has 2 aromatic heterocycles. The lowest BCUT2D eigenvalue weighted by Crippen LogP contribution is -2.55. The molecule has 9 rings (SSSR count). The molecular weight excluding hydrogens is 767 g/mol. The van der Waals surface area contributed by atoms with Crippen LogP contribution < -0.4 is 20.7 Å². The number of carbonyl (C=O) groups excluding carboxylic acids is 4. The number of nitrogens with zero attached hydrogens (tertiary/aromatic N) is 4. The van der Waals surface area contributed by atoms with Crippen LogP contribution in [0.5, 0.6) is 5.75 Å². The lowest BCUT2D eigenvalue weighted by atomic mass is 9.57. The van der Waals surface area contributed by atoms with Gasteiger partial charge in [-0.1, -0.05) is 12.1 Å². The number of methoxy groups -OCH3 is 1. The quantitative estimate of drug-likeness (QED) is 0.119. The van der Waals surface area contributed by atoms with Gasteiger partial charge in [-0.25, -0.2) is 9.97 Å². The fourth-order valence-corrected chi connectivity index (χ4v) is 11.5. The smallest absolute Gasteiger partial charge is 0.274 e. The van der Waals surface area contributed by atoms with Crippen molar-refractivity contribution in [1.29, 1.82) is 0 Å². The summed E-state index contributed by atoms with van der Waals surface area (Å²) in [6, 6.07) is 13.7. The molecule has 5 heterocycles. The molecule has 310 valence electrons. The maximum absolute atomic E-state index is 13.5. The monoisotopic (exact) mass is 819 g/mol. The highest BCUT2D eigenvalue weighted by Gasteiger charge is 2.47. The second-order valence-corrected chi connectivity index (χ2v) is 18.6. The van der Waals surface area contributed by atoms with Crippen molar-refractivity contribution in [3.63, 3.8) is 0 Å². The van der Waals surface area contributed by atoms with Crippen molar-refractivity contribution < 1.29 is 29.0 Å². The molecule has 4 fully saturated rings. The van der Waals surface area contributed by atoms with E-state index < -0.39 is 30.0 Å². The number of fused-ring (bicyclic) bond motifs is 2. The Hall–Kier alpha value is -4.92. The predicted octanol–water partition coefficient (Wildman–Crippen LogP) is 6.72. The number of aryl methyl sites for hydroxylation is 1. The fourth-order valence-electron chi connectivity index (χ4n) is 10.4. The van der Waals surface area contributed by atoms with Gasteiger partial charge in [0.05, 0.1) is 39.1 Å². The number of amides is 4. The summed E-state index contributed by atoms with van der Waals surface area (Å²) in [5.74, 6) is 0.748. The molecule has 13 nitrogen and oxygen atoms in total. The fraction of sp³-hybridized carbons (Fsp3) is 0.511. The van der Waals surface area contributed by atoms with Crippen molar-refractivity contribution in [2.24, 2.45) is 17.3 Å². The summed E-state index contributed by atoms with van der Waals surface area (Å²) < 4.78 is 6.69. The molecule has 0 bridgehead atoms. The summed E-state index contributed by atoms with van der Waals surface area (Å²) >= 11 is 1.73. The highest BCUT2D eigenvalue weighted by Crippen LogP contribution is 2.54. The molecule has 3 aliphatic heterocycles. The summed E-state index contributed by atoms with van der Waals surface area (Å²) in [4.78, 5) is 65.4. The van der Waals surface area contributed by atoms with E-state index in [0.29, 0.717) is 63.5 Å². The minimum absolute atomic E-state index is 0.243. The summed E-state index contributed by atoms with van der Waals surface area (Å²) in [6.45, 7) is 6.11. The zero-order valence-electron chi connectivity index (χ0n) is 33.8. The number of hydrogen-bond acceptors (Lipinski definition) is 11. The normalized spacial score (nSPS) is 24.5. The van der Waals surface area contributed by atoms with E-state index in [0.717, 1.165) is 46.6 Å². The van der Waals surface area contributed by atoms with Crippen LogP contribution in [0.3, 0.4) is 0 Å². The summed E-state index contributed by atoms with van der Waals surface area (Å²) in [6.07, 6.45) is 10.3. The molecular formula is C45H53N7O6S. The second kappa shape index (κ2) is 16.3. The summed E-state index contributed by atoms with van der Waals surface area (Å²) in [5.41, 5.74) is 4.46. The van der Waals surface area contributed by atoms with Gasteiger partial charge in [0.25, 0.3) is 17.7 Å². The van der Waals surface area contributed by atoms with Gasteiger partial charge < -0.3 is 30.7 Å². The van der Waals surface area contributed by atoms with Crippen LogP contribution in [0.1, 0.15) is 118 Å². The summed E-state index contributed by atoms with van der Waals surface area (Å²) in [7, 11) is 1.61. The number of pyridine rings is 1. The number of nitrogens with one attached hydrogen (secondary N) is 3. The van der Waals surface area contributed by atoms with Gasteiger partial charge in [0.15, 0.2) is 0 Å². The molecule has 59 heavy (non-hydrogen) atoms. The zero-order valence-corrected chi connectivity index (χ0v) is 34.6. The molecule has 2 atom stereocenters. The number of aliphatic hydroxyl groups is 1. The number of thiazole rings is 1. The van der Waals surface area contributed by atoms with Crippen LogP contribution in [0.15, 0.2) is 48.5 Å². The molecule has 2 saturated carbocycles. The average molecular weight is 820 g/mol. The molecule has 1 spiro atoms. The van der Waals surface area contributed by atoms with Crippen molar-refractivity contribution in [3.8, 4) is 5.75 Å². The maximum Gasteiger partial charge on any atom is 0.274 e. The first kappa shape index (κ1) is 39.5. The Morgan fingerprint density at radius 3 is 2.47 bits per heavy atom. The van der Waals surface area contributed by atoms with Gasteiger partial charge >= 0.3 is 0 Å². The van der Waals surface area contributed by atoms with Gasteiger partial charge in [-0.05, 0) is 138 Å². The molecule has 5 aliphatic rings. The van der Waals surface area contributed by atoms with Crippen molar-refractivity contribution in [1.82, 2.24) is 25.1 Å². The lowest BCUT2D eigenvalue weighted by molar-refractivity contribution is -0.131. The first-order chi connectivity index (χ1) is 28.6. The Bertz CT molecular complexity index is 2270. The molecule has 4 amide bonds. The Labute approximate surface area is 348 Å². The van der Waals surface area contributed by atoms with Crippen LogP contribution in [-0.2, 0) is 4.79 Å². The average Bonchev–Trinajstić information content (AvgIpc) is 3.75. The number of carbonyl (C=O) groups is 4. The third-order valence-corrected chi connectivity index (χ3v) is 14.8. The van der Waals surface area contributed by atoms with Crippen LogP contribution in [0, 0.1) is 24.2 Å². The second-order valence-electron chi connectivity index (χ2n) is 17.5. The van der Waals surface area contributed by atoms with Gasteiger partial charge in [-0.3, -0.25) is 24.1 Å². The number of ether oxygens (including phenoxy) is 1. The number of anilines is 2. The summed E-state index contributed by atoms with van der Waals surface area (Å²) in [5, 5.41) is 19.8. The topological polar surface area (TPSA) is 166 Å². The predicted molar refractivity (Wildman–Crippen MR) is 226 cm³/mol. The number of aromatic nitrogens is 2. The number of aliphatic hydroxyl groups excluding tert-OH is 1. The van der Waals surface area contributed by atoms with Gasteiger partial charge in [0.1, 0.15) is 23.7 Å². The highest BCUT2D eigenvalue weighted by molar-refractivity contribution is 7.18. The SMILES string of the molecule is COc1cc2nc(C3CCC(CN4CCC5(CC4)CC(CCNc4cccc6c4C(=O)N(C4CCC(O)NC4=O)C6=O)C5)CC3)sc2cc1NC(=O)c1cccc(C)n1. The van der Waals surface area contributed by atoms with Crippen LogP contribution >= 0.6 is 11.3 Å². The Balaban J connectivity index is 0.712. The van der Waals surface area contributed by atoms with E-state index in [4.69, 9.17) is 9.72 Å². The molecule has 2 aromatic carbocycles. The van der Waals surface area contributed by atoms with E-state index in [1.807, 2.05) is 37.3 Å². The van der Waals surface area contributed by atoms with Crippen molar-refractivity contribution in [2.45, 2.75) is 95.7 Å². The number of piperidine rings is 2. The molecule has 2 aliphatic carbocycles. The van der Waals surface area contributed by atoms with E-state index in [1.165, 1.54) is 63.2 Å². The number of imide groups is 1. The first-order valence-corrected chi connectivity index (χ1v) is 22.1. The number of rotatable bonds is 11. The minimum atomic E-state index is -0.950. The molecule has 4 aromatic rings. The number of benzene rings is 2. The Morgan fingerprint density at radius 2 is 1.73 bits per heavy atom.